The molecule has 18 rings (SSSR count). The zero-order chi connectivity index (χ0) is 102. The number of nitrogens with zero attached hydrogens (tertiary/aromatic N) is 18. The van der Waals surface area contributed by atoms with Gasteiger partial charge < -0.3 is 61.3 Å². The van der Waals surface area contributed by atoms with Crippen molar-refractivity contribution in [1.29, 1.82) is 0 Å². The van der Waals surface area contributed by atoms with Crippen molar-refractivity contribution < 1.29 is 44.7 Å². The Hall–Kier alpha value is -11.8. The van der Waals surface area contributed by atoms with E-state index in [1.807, 2.05) is 62.6 Å². The highest BCUT2D eigenvalue weighted by atomic mass is 35.5. The van der Waals surface area contributed by atoms with E-state index in [0.717, 1.165) is 195 Å². The molecule has 6 aliphatic rings. The van der Waals surface area contributed by atoms with Crippen LogP contribution in [0.3, 0.4) is 0 Å². The van der Waals surface area contributed by atoms with Gasteiger partial charge in [0.1, 0.15) is 43.4 Å². The number of likely N-dealkylation sites (tertiary alicyclic amines) is 6. The highest BCUT2D eigenvalue weighted by Crippen LogP contribution is 2.46. The first-order valence-corrected chi connectivity index (χ1v) is 50.7. The van der Waals surface area contributed by atoms with Crippen LogP contribution in [0.2, 0.25) is 20.1 Å². The number of rotatable bonds is 28. The van der Waals surface area contributed by atoms with Gasteiger partial charge in [-0.05, 0) is 301 Å². The first-order valence-electron chi connectivity index (χ1n) is 49.2. The predicted molar refractivity (Wildman–Crippen MR) is 547 cm³/mol. The number of H-pyrrole nitrogens is 4. The molecule has 6 fully saturated rings. The van der Waals surface area contributed by atoms with E-state index in [1.54, 1.807) is 37.4 Å². The van der Waals surface area contributed by atoms with E-state index >= 15 is 4.39 Å². The number of carbonyl (C=O) groups excluding carboxylic acids is 2. The van der Waals surface area contributed by atoms with Crippen LogP contribution in [-0.2, 0) is 34.8 Å². The Bertz CT molecular complexity index is 6010. The van der Waals surface area contributed by atoms with Crippen molar-refractivity contribution in [1.82, 2.24) is 110 Å². The van der Waals surface area contributed by atoms with Crippen molar-refractivity contribution in [3.05, 3.63) is 230 Å². The van der Waals surface area contributed by atoms with Crippen molar-refractivity contribution in [3.8, 4) is 0 Å². The number of piperidine rings is 4. The molecule has 0 aliphatic carbocycles. The molecule has 0 unspecified atom stereocenters. The Balaban J connectivity index is 0.000000145. The number of aryl methyl sites for hydroxylation is 8. The van der Waals surface area contributed by atoms with Crippen LogP contribution < -0.4 is 31.9 Å². The Morgan fingerprint density at radius 3 is 1.06 bits per heavy atom. The summed E-state index contributed by atoms with van der Waals surface area (Å²) in [6, 6.07) is 20.1. The highest BCUT2D eigenvalue weighted by molar-refractivity contribution is 6.34. The number of benzene rings is 4. The van der Waals surface area contributed by atoms with Gasteiger partial charge in [-0.1, -0.05) is 84.5 Å². The lowest BCUT2D eigenvalue weighted by Crippen LogP contribution is -2.37. The maximum atomic E-state index is 15.3. The molecule has 768 valence electrons. The van der Waals surface area contributed by atoms with Crippen LogP contribution in [-0.4, -0.2) is 227 Å². The van der Waals surface area contributed by atoms with E-state index in [0.29, 0.717) is 155 Å². The maximum Gasteiger partial charge on any atom is 0.416 e. The van der Waals surface area contributed by atoms with Gasteiger partial charge in [0, 0.05) is 118 Å². The molecule has 12 aromatic rings. The summed E-state index contributed by atoms with van der Waals surface area (Å²) in [5, 5.41) is 46.7. The number of aromatic nitrogens is 16. The minimum absolute atomic E-state index is 0.0143. The van der Waals surface area contributed by atoms with E-state index in [9.17, 15) is 40.3 Å². The van der Waals surface area contributed by atoms with Gasteiger partial charge in [-0.2, -0.15) is 56.7 Å². The number of hydrogen-bond acceptors (Lipinski definition) is 24. The second kappa shape index (κ2) is 48.5. The summed E-state index contributed by atoms with van der Waals surface area (Å²) in [5.74, 6) is 4.86. The summed E-state index contributed by atoms with van der Waals surface area (Å²) in [4.78, 5) is 72.7. The highest BCUT2D eigenvalue weighted by Gasteiger charge is 2.40. The number of amides is 2. The van der Waals surface area contributed by atoms with Crippen LogP contribution in [0.25, 0.3) is 0 Å². The molecule has 8 aromatic heterocycles. The molecular formula is C102H124Cl4F8N28O2. The van der Waals surface area contributed by atoms with E-state index in [-0.39, 0.29) is 69.0 Å². The van der Waals surface area contributed by atoms with Gasteiger partial charge in [-0.3, -0.25) is 30.0 Å². The second-order valence-electron chi connectivity index (χ2n) is 38.0. The summed E-state index contributed by atoms with van der Waals surface area (Å²) in [6.45, 7) is 34.0. The lowest BCUT2D eigenvalue weighted by Gasteiger charge is -2.33. The summed E-state index contributed by atoms with van der Waals surface area (Å²) in [7, 11) is 0. The zero-order valence-electron chi connectivity index (χ0n) is 82.6. The van der Waals surface area contributed by atoms with Crippen molar-refractivity contribution in [3.63, 3.8) is 0 Å². The molecule has 6 saturated heterocycles. The van der Waals surface area contributed by atoms with Crippen LogP contribution in [0.15, 0.2) is 97.6 Å². The monoisotopic (exact) mass is 2060 g/mol. The average Bonchev–Trinajstić information content (AvgIpc) is 1.26. The molecule has 0 saturated carbocycles. The molecule has 0 bridgehead atoms. The third-order valence-corrected chi connectivity index (χ3v) is 28.7. The molecule has 42 heteroatoms. The fourth-order valence-electron chi connectivity index (χ4n) is 19.6. The lowest BCUT2D eigenvalue weighted by atomic mass is 9.84. The van der Waals surface area contributed by atoms with Gasteiger partial charge in [0.15, 0.2) is 46.5 Å². The minimum Gasteiger partial charge on any atom is -0.343 e. The number of anilines is 12. The van der Waals surface area contributed by atoms with E-state index in [4.69, 9.17) is 46.4 Å². The fourth-order valence-corrected chi connectivity index (χ4v) is 20.1. The number of hydrogen-bond donors (Lipinski definition) is 10. The van der Waals surface area contributed by atoms with Gasteiger partial charge in [0.05, 0.1) is 41.6 Å². The molecule has 4 aromatic carbocycles. The smallest absolute Gasteiger partial charge is 0.343 e. The van der Waals surface area contributed by atoms with Gasteiger partial charge >= 0.3 is 12.4 Å². The molecule has 6 aliphatic heterocycles. The van der Waals surface area contributed by atoms with E-state index < -0.39 is 29.3 Å². The molecule has 2 amide bonds. The van der Waals surface area contributed by atoms with Crippen molar-refractivity contribution in [2.45, 2.75) is 208 Å². The quantitative estimate of drug-likeness (QED) is 0.0204. The Morgan fingerprint density at radius 1 is 0.361 bits per heavy atom. The molecule has 0 radical (unpaired) electrons. The Kier molecular flexibility index (Phi) is 35.9. The van der Waals surface area contributed by atoms with E-state index in [1.165, 1.54) is 46.9 Å². The second-order valence-corrected chi connectivity index (χ2v) is 39.7. The maximum absolute atomic E-state index is 15.3. The summed E-state index contributed by atoms with van der Waals surface area (Å²) < 4.78 is 114. The average molecular weight is 2070 g/mol. The molecule has 0 spiro atoms. The van der Waals surface area contributed by atoms with Gasteiger partial charge in [-0.25, -0.2) is 38.7 Å². The molecule has 144 heavy (non-hydrogen) atoms. The van der Waals surface area contributed by atoms with Crippen LogP contribution in [0, 0.1) is 67.0 Å². The van der Waals surface area contributed by atoms with Gasteiger partial charge in [0.25, 0.3) is 0 Å². The third kappa shape index (κ3) is 28.5. The number of nitrogens with one attached hydrogen (secondary N) is 10. The number of alkyl halides is 6. The molecule has 14 heterocycles. The number of carbonyl (C=O) groups is 2. The van der Waals surface area contributed by atoms with Crippen LogP contribution >= 0.6 is 46.4 Å². The summed E-state index contributed by atoms with van der Waals surface area (Å²) in [6.07, 6.45) is 10.2. The lowest BCUT2D eigenvalue weighted by molar-refractivity contribution is -0.139. The first-order chi connectivity index (χ1) is 69.0. The van der Waals surface area contributed by atoms with Crippen molar-refractivity contribution in [2.24, 2.45) is 0 Å². The molecule has 0 atom stereocenters. The van der Waals surface area contributed by atoms with Crippen molar-refractivity contribution >= 4 is 128 Å². The first kappa shape index (κ1) is 106. The Labute approximate surface area is 852 Å². The SMILES string of the molecule is CCN1CCC(c2cc(C)c(Nc3ncc(Cl)c(Nc4cc(C)[nH]n4)n3)cc2C(F)(F)F)CC1.CCN1CCC(c2cc(F)c(Nc3ncc(Cl)c(Nc4cc(C)[nH]n4)n3)cc2C(F)(F)F)CC1.Cc1cc(Nc2nc(Cc3cc(C)c(C4CCN(CCC(=O)N5CCCC5)CC4)cc3C)ncc2Cl)n[nH]1.Cc1cc(Nc2nc(Cc3cc(C)c(C4CCN(CCC(=O)N5CCCC5)CC4)cc3F)ncc2Cl)n[nH]1. The number of halogens is 12. The summed E-state index contributed by atoms with van der Waals surface area (Å²) in [5.41, 5.74) is 11.0. The minimum atomic E-state index is -4.63. The van der Waals surface area contributed by atoms with Crippen LogP contribution in [0.1, 0.15) is 229 Å². The predicted octanol–water partition coefficient (Wildman–Crippen LogP) is 22.6. The molecule has 30 nitrogen and oxygen atoms in total. The topological polar surface area (TPSA) is 344 Å². The third-order valence-electron chi connectivity index (χ3n) is 27.6. The fraction of sp³-hybridized carbons (Fsp3) is 0.471. The zero-order valence-corrected chi connectivity index (χ0v) is 85.6. The molecular weight excluding hydrogens is 1940 g/mol. The summed E-state index contributed by atoms with van der Waals surface area (Å²) >= 11 is 24.9. The van der Waals surface area contributed by atoms with Crippen LogP contribution in [0.4, 0.5) is 105 Å². The largest absolute Gasteiger partial charge is 0.416 e. The van der Waals surface area contributed by atoms with Crippen molar-refractivity contribution in [2.75, 3.05) is 137 Å². The normalized spacial score (nSPS) is 16.2. The van der Waals surface area contributed by atoms with Gasteiger partial charge in [-0.15, -0.1) is 0 Å². The number of aromatic amines is 4. The van der Waals surface area contributed by atoms with Gasteiger partial charge in [0.2, 0.25) is 23.7 Å². The van der Waals surface area contributed by atoms with E-state index in [2.05, 4.69) is 172 Å². The van der Waals surface area contributed by atoms with Crippen LogP contribution in [0.5, 0.6) is 0 Å². The molecule has 10 N–H and O–H groups in total. The Morgan fingerprint density at radius 2 is 0.681 bits per heavy atom. The standard InChI is InChI=1S/C29H38ClN7O.C28H35ClFN7O.C23H27ClF3N7.C22H24ClF4N7/c1-19-15-24(22-6-11-36(12-7-22)13-8-28(38)37-9-4-5-10-37)20(2)14-23(19)17-26-31-18-25(30)29(32-26)33-27-16-21(3)34-35-27;1-18-13-21(15-25-31-17-23(29)28(32-25)33-26-14-19(2)34-35-26)24(30)16-22(18)20-5-10-36(11-6-20)12-7-27(38)37-8-3-4-9-37;1-4-34-7-5-15(6-8-34)16-9-13(2)19(11-17(16)23(25,26)27)29-22-28-12-18(24)21(31-22)30-20-10-14(3)32-33-20;1-3-34-6-4-13(5-7-34)14-9-17(24)18(10-15(14)22(25,26)27)29-21-28-11-16(23)20(31-21)30-19-8-12(2)32-33-19/h14-16,18,22H,4-13,17H2,1-3H3,(H2,31,32,33,34,35);13-14,16-17,20H,3-12,15H2,1-2H3,(H2,31,32,33,34,35);9-12,15H,4-8H2,1-3H3,(H3,28,29,30,31,32,33);8-11,13H,3-7H2,1-2H3,(H3,28,29,30,31,32,33).